The Morgan fingerprint density at radius 2 is 1.24 bits per heavy atom. The molecule has 4 saturated heterocycles. The summed E-state index contributed by atoms with van der Waals surface area (Å²) in [5, 5.41) is 29.8. The van der Waals surface area contributed by atoms with Gasteiger partial charge in [-0.2, -0.15) is 15.5 Å². The van der Waals surface area contributed by atoms with Crippen LogP contribution >= 0.6 is 0 Å². The molecule has 262 valence electrons. The molecule has 18 nitrogen and oxygen atoms in total. The minimum Gasteiger partial charge on any atom is -0.382 e. The largest absolute Gasteiger partial charge is 0.382 e. The summed E-state index contributed by atoms with van der Waals surface area (Å²) in [6, 6.07) is 9.22. The van der Waals surface area contributed by atoms with Gasteiger partial charge in [0.25, 0.3) is 0 Å². The predicted molar refractivity (Wildman–Crippen MR) is 167 cm³/mol. The number of aromatic nitrogens is 6. The quantitative estimate of drug-likeness (QED) is 0.253. The third-order valence-corrected chi connectivity index (χ3v) is 8.98. The topological polar surface area (TPSA) is 230 Å². The smallest absolute Gasteiger partial charge is 0.240 e. The molecule has 18 heteroatoms. The number of rotatable bonds is 6. The number of hydrogen-bond donors (Lipinski definition) is 3. The summed E-state index contributed by atoms with van der Waals surface area (Å²) in [4.78, 5) is 7.93. The average Bonchev–Trinajstić information content (AvgIpc) is 3.88. The molecule has 0 aliphatic carbocycles. The number of aliphatic hydroxyl groups is 1. The number of nitrogen functional groups attached to an aromatic ring is 2. The van der Waals surface area contributed by atoms with Gasteiger partial charge in [-0.05, 0) is 52.0 Å². The summed E-state index contributed by atoms with van der Waals surface area (Å²) < 4.78 is 49.4. The van der Waals surface area contributed by atoms with E-state index in [9.17, 15) is 10.4 Å². The van der Waals surface area contributed by atoms with Crippen LogP contribution in [0, 0.1) is 11.3 Å². The third-order valence-electron chi connectivity index (χ3n) is 8.98. The zero-order valence-electron chi connectivity index (χ0n) is 27.8. The zero-order valence-corrected chi connectivity index (χ0v) is 27.8. The molecule has 49 heavy (non-hydrogen) atoms. The van der Waals surface area contributed by atoms with E-state index in [1.807, 2.05) is 13.8 Å². The van der Waals surface area contributed by atoms with Crippen molar-refractivity contribution in [2.45, 2.75) is 87.3 Å². The molecule has 0 spiro atoms. The Labute approximate surface area is 280 Å². The summed E-state index contributed by atoms with van der Waals surface area (Å²) in [7, 11) is 3.14. The van der Waals surface area contributed by atoms with E-state index >= 15 is 0 Å². The standard InChI is InChI=1S/C16H19N5O4.C15H20N4O5/c1-15(2)24-12-10(6-22-3)23-16(7-17,13(12)25-15)11-5-4-9-14(18)19-8-20-21(9)11;1-14(2)23-11-9(6-21-3)22-15(20,12(11)24-14)10-5-4-8-13(16)17-7-18-19(8)10/h4-5,8,10,12-13H,6H2,1-3H3,(H2,18,19,20);4-5,7,9,11-12,20H,6H2,1-3H3,(H2,16,17,18)/t10-,12-,13-,16?;9-,11-,12-,15?/m11/s1. The van der Waals surface area contributed by atoms with E-state index in [1.54, 1.807) is 56.8 Å². The number of hydrogen-bond acceptors (Lipinski definition) is 16. The lowest BCUT2D eigenvalue weighted by atomic mass is 9.92. The van der Waals surface area contributed by atoms with Crippen LogP contribution in [0.25, 0.3) is 11.0 Å². The molecule has 0 aromatic carbocycles. The second-order valence-corrected chi connectivity index (χ2v) is 13.1. The lowest BCUT2D eigenvalue weighted by Crippen LogP contribution is -2.41. The molecule has 4 aliphatic heterocycles. The minimum atomic E-state index is -1.74. The first kappa shape index (κ1) is 33.5. The third kappa shape index (κ3) is 5.29. The molecule has 0 amide bonds. The SMILES string of the molecule is COC[C@H]1OC(C#N)(c2ccc3c(N)ncnn23)[C@@H]2OC(C)(C)O[C@@H]21.COC[C@H]1OC(O)(c2ccc3c(N)ncnn23)[C@@H]2OC(C)(C)O[C@@H]21. The van der Waals surface area contributed by atoms with Crippen molar-refractivity contribution in [2.24, 2.45) is 0 Å². The molecule has 5 N–H and O–H groups in total. The molecular formula is C31H39N9O9. The van der Waals surface area contributed by atoms with Crippen LogP contribution in [0.15, 0.2) is 36.9 Å². The summed E-state index contributed by atoms with van der Waals surface area (Å²) >= 11 is 0. The monoisotopic (exact) mass is 681 g/mol. The van der Waals surface area contributed by atoms with Crippen molar-refractivity contribution in [3.05, 3.63) is 48.3 Å². The van der Waals surface area contributed by atoms with Crippen LogP contribution in [0.1, 0.15) is 39.1 Å². The van der Waals surface area contributed by atoms with Crippen LogP contribution in [0.3, 0.4) is 0 Å². The van der Waals surface area contributed by atoms with Crippen molar-refractivity contribution >= 4 is 22.7 Å². The molecule has 4 aromatic rings. The highest BCUT2D eigenvalue weighted by Gasteiger charge is 2.66. The van der Waals surface area contributed by atoms with Crippen molar-refractivity contribution in [1.29, 1.82) is 5.26 Å². The molecule has 8 atom stereocenters. The number of ether oxygens (including phenoxy) is 8. The molecule has 8 heterocycles. The van der Waals surface area contributed by atoms with Crippen LogP contribution in [0.2, 0.25) is 0 Å². The summed E-state index contributed by atoms with van der Waals surface area (Å²) in [5.74, 6) is -2.77. The fourth-order valence-electron chi connectivity index (χ4n) is 7.08. The molecule has 2 unspecified atom stereocenters. The molecule has 0 bridgehead atoms. The fraction of sp³-hybridized carbons (Fsp3) is 0.581. The number of nitriles is 1. The van der Waals surface area contributed by atoms with Crippen LogP contribution in [-0.4, -0.2) is 110 Å². The van der Waals surface area contributed by atoms with Crippen molar-refractivity contribution in [3.8, 4) is 6.07 Å². The Kier molecular flexibility index (Phi) is 8.05. The van der Waals surface area contributed by atoms with E-state index < -0.39 is 59.6 Å². The van der Waals surface area contributed by atoms with Gasteiger partial charge in [0.2, 0.25) is 11.4 Å². The van der Waals surface area contributed by atoms with Gasteiger partial charge in [-0.15, -0.1) is 0 Å². The van der Waals surface area contributed by atoms with E-state index in [1.165, 1.54) is 17.2 Å². The Hall–Kier alpha value is -4.03. The molecular weight excluding hydrogens is 642 g/mol. The molecule has 4 fully saturated rings. The molecule has 4 aliphatic rings. The van der Waals surface area contributed by atoms with Crippen molar-refractivity contribution in [1.82, 2.24) is 29.2 Å². The molecule has 0 radical (unpaired) electrons. The highest BCUT2D eigenvalue weighted by atomic mass is 16.8. The maximum absolute atomic E-state index is 11.3. The fourth-order valence-corrected chi connectivity index (χ4v) is 7.08. The second kappa shape index (κ2) is 11.8. The Bertz CT molecular complexity index is 1910. The first-order valence-corrected chi connectivity index (χ1v) is 15.6. The van der Waals surface area contributed by atoms with E-state index in [2.05, 4.69) is 26.2 Å². The zero-order chi connectivity index (χ0) is 34.9. The lowest BCUT2D eigenvalue weighted by Gasteiger charge is -2.29. The summed E-state index contributed by atoms with van der Waals surface area (Å²) in [6.07, 6.45) is -0.494. The van der Waals surface area contributed by atoms with Gasteiger partial charge in [0.05, 0.1) is 18.9 Å². The van der Waals surface area contributed by atoms with Gasteiger partial charge in [-0.3, -0.25) is 0 Å². The second-order valence-electron chi connectivity index (χ2n) is 13.1. The Morgan fingerprint density at radius 3 is 1.80 bits per heavy atom. The van der Waals surface area contributed by atoms with Gasteiger partial charge in [0.15, 0.2) is 23.2 Å². The van der Waals surface area contributed by atoms with Gasteiger partial charge >= 0.3 is 0 Å². The van der Waals surface area contributed by atoms with E-state index in [-0.39, 0.29) is 13.2 Å². The number of fused-ring (bicyclic) bond motifs is 4. The maximum Gasteiger partial charge on any atom is 0.240 e. The van der Waals surface area contributed by atoms with Gasteiger partial charge in [-0.1, -0.05) is 0 Å². The molecule has 4 aromatic heterocycles. The molecule has 8 rings (SSSR count). The predicted octanol–water partition coefficient (Wildman–Crippen LogP) is 0.618. The van der Waals surface area contributed by atoms with Crippen molar-refractivity contribution in [3.63, 3.8) is 0 Å². The van der Waals surface area contributed by atoms with Crippen molar-refractivity contribution < 1.29 is 43.0 Å². The first-order valence-electron chi connectivity index (χ1n) is 15.6. The number of nitrogens with two attached hydrogens (primary N) is 2. The maximum atomic E-state index is 11.3. The van der Waals surface area contributed by atoms with E-state index in [0.717, 1.165) is 0 Å². The Balaban J connectivity index is 0.000000154. The first-order chi connectivity index (χ1) is 23.3. The van der Waals surface area contributed by atoms with E-state index in [0.29, 0.717) is 34.1 Å². The summed E-state index contributed by atoms with van der Waals surface area (Å²) in [6.45, 7) is 7.77. The lowest BCUT2D eigenvalue weighted by molar-refractivity contribution is -0.286. The van der Waals surface area contributed by atoms with E-state index in [4.69, 9.17) is 49.4 Å². The van der Waals surface area contributed by atoms with Gasteiger partial charge in [0, 0.05) is 14.2 Å². The van der Waals surface area contributed by atoms with Crippen LogP contribution < -0.4 is 11.5 Å². The summed E-state index contributed by atoms with van der Waals surface area (Å²) in [5.41, 5.74) is 12.5. The van der Waals surface area contributed by atoms with Gasteiger partial charge < -0.3 is 54.5 Å². The van der Waals surface area contributed by atoms with Gasteiger partial charge in [-0.25, -0.2) is 19.0 Å². The highest BCUT2D eigenvalue weighted by molar-refractivity contribution is 5.66. The average molecular weight is 682 g/mol. The van der Waals surface area contributed by atoms with Crippen molar-refractivity contribution in [2.75, 3.05) is 38.9 Å². The Morgan fingerprint density at radius 1 is 0.755 bits per heavy atom. The normalized spacial score (nSPS) is 34.1. The number of methoxy groups -OCH3 is 2. The van der Waals surface area contributed by atoms with Crippen LogP contribution in [0.5, 0.6) is 0 Å². The van der Waals surface area contributed by atoms with Crippen LogP contribution in [0.4, 0.5) is 11.6 Å². The minimum absolute atomic E-state index is 0.267. The highest BCUT2D eigenvalue weighted by Crippen LogP contribution is 2.50. The number of nitrogens with zero attached hydrogens (tertiary/aromatic N) is 7. The molecule has 0 saturated carbocycles. The van der Waals surface area contributed by atoms with Crippen LogP contribution in [-0.2, 0) is 49.3 Å². The number of anilines is 2. The van der Waals surface area contributed by atoms with Gasteiger partial charge in [0.1, 0.15) is 72.1 Å².